The second-order valence-electron chi connectivity index (χ2n) is 5.22. The number of hydrogen-bond donors (Lipinski definition) is 2. The molecule has 1 saturated heterocycles. The maximum Gasteiger partial charge on any atom is 0.317 e. The van der Waals surface area contributed by atoms with Crippen LogP contribution in [0.1, 0.15) is 42.7 Å². The quantitative estimate of drug-likeness (QED) is 0.864. The van der Waals surface area contributed by atoms with Crippen LogP contribution in [-0.4, -0.2) is 44.2 Å². The topological polar surface area (TPSA) is 95.4 Å². The van der Waals surface area contributed by atoms with Gasteiger partial charge in [0.25, 0.3) is 0 Å². The molecule has 0 radical (unpaired) electrons. The number of carbonyl (C=O) groups is 2. The summed E-state index contributed by atoms with van der Waals surface area (Å²) in [6, 6.07) is -0.103. The molecule has 1 aliphatic rings. The van der Waals surface area contributed by atoms with Crippen LogP contribution in [0.5, 0.6) is 0 Å². The van der Waals surface area contributed by atoms with Gasteiger partial charge in [0.2, 0.25) is 0 Å². The molecule has 0 bridgehead atoms. The van der Waals surface area contributed by atoms with Crippen LogP contribution in [-0.2, 0) is 11.3 Å². The highest BCUT2D eigenvalue weighted by Gasteiger charge is 2.27. The van der Waals surface area contributed by atoms with Crippen LogP contribution in [0, 0.1) is 6.92 Å². The third-order valence-electron chi connectivity index (χ3n) is 3.72. The molecule has 1 aliphatic heterocycles. The molecular weight excluding hydrogens is 292 g/mol. The fourth-order valence-electron chi connectivity index (χ4n) is 2.53. The zero-order valence-electron chi connectivity index (χ0n) is 12.0. The van der Waals surface area contributed by atoms with Crippen molar-refractivity contribution in [2.45, 2.75) is 51.6 Å². The Morgan fingerprint density at radius 3 is 2.95 bits per heavy atom. The highest BCUT2D eigenvalue weighted by Crippen LogP contribution is 2.21. The van der Waals surface area contributed by atoms with Gasteiger partial charge in [-0.25, -0.2) is 4.79 Å². The highest BCUT2D eigenvalue weighted by atomic mass is 32.1. The van der Waals surface area contributed by atoms with E-state index in [1.54, 1.807) is 4.90 Å². The molecule has 2 N–H and O–H groups in total. The van der Waals surface area contributed by atoms with E-state index in [0.29, 0.717) is 19.5 Å². The first kappa shape index (κ1) is 15.7. The molecule has 1 atom stereocenters. The van der Waals surface area contributed by atoms with Gasteiger partial charge in [0, 0.05) is 19.0 Å². The van der Waals surface area contributed by atoms with E-state index in [1.807, 2.05) is 6.92 Å². The van der Waals surface area contributed by atoms with Gasteiger partial charge in [-0.15, -0.1) is 5.10 Å². The zero-order chi connectivity index (χ0) is 15.2. The van der Waals surface area contributed by atoms with Gasteiger partial charge in [0.15, 0.2) is 0 Å². The van der Waals surface area contributed by atoms with E-state index in [9.17, 15) is 9.59 Å². The highest BCUT2D eigenvalue weighted by molar-refractivity contribution is 7.05. The number of piperidine rings is 1. The van der Waals surface area contributed by atoms with Gasteiger partial charge in [0.1, 0.15) is 0 Å². The molecular formula is C13H20N4O3S. The average molecular weight is 312 g/mol. The van der Waals surface area contributed by atoms with E-state index in [4.69, 9.17) is 5.11 Å². The van der Waals surface area contributed by atoms with Crippen LogP contribution in [0.4, 0.5) is 4.79 Å². The summed E-state index contributed by atoms with van der Waals surface area (Å²) in [7, 11) is 0. The maximum atomic E-state index is 12.3. The van der Waals surface area contributed by atoms with Gasteiger partial charge >= 0.3 is 12.0 Å². The first-order valence-electron chi connectivity index (χ1n) is 7.12. The Balaban J connectivity index is 1.88. The predicted octanol–water partition coefficient (Wildman–Crippen LogP) is 1.78. The Labute approximate surface area is 127 Å². The number of carbonyl (C=O) groups excluding carboxylic acids is 1. The Bertz CT molecular complexity index is 505. The number of rotatable bonds is 5. The molecule has 8 heteroatoms. The Kier molecular flexibility index (Phi) is 5.49. The van der Waals surface area contributed by atoms with Crippen LogP contribution in [0.25, 0.3) is 0 Å². The lowest BCUT2D eigenvalue weighted by atomic mass is 9.98. The van der Waals surface area contributed by atoms with E-state index >= 15 is 0 Å². The number of carboxylic acid groups (broad SMARTS) is 1. The van der Waals surface area contributed by atoms with Crippen molar-refractivity contribution in [1.29, 1.82) is 0 Å². The monoisotopic (exact) mass is 312 g/mol. The number of likely N-dealkylation sites (tertiary alicyclic amines) is 1. The van der Waals surface area contributed by atoms with Crippen LogP contribution in [0.15, 0.2) is 0 Å². The molecule has 0 aliphatic carbocycles. The second kappa shape index (κ2) is 7.35. The molecule has 0 saturated carbocycles. The minimum absolute atomic E-state index is 0.0236. The molecule has 2 heterocycles. The molecule has 1 aromatic heterocycles. The molecule has 2 amide bonds. The number of aromatic nitrogens is 2. The molecule has 116 valence electrons. The predicted molar refractivity (Wildman–Crippen MR) is 78.1 cm³/mol. The standard InChI is InChI=1S/C13H20N4O3S/c1-9-11(21-16-15-9)8-14-13(20)17-7-3-2-4-10(17)5-6-12(18)19/h10H,2-8H2,1H3,(H,14,20)(H,18,19). The van der Waals surface area contributed by atoms with Gasteiger partial charge in [-0.3, -0.25) is 4.79 Å². The third kappa shape index (κ3) is 4.38. The molecule has 7 nitrogen and oxygen atoms in total. The van der Waals surface area contributed by atoms with Gasteiger partial charge in [-0.05, 0) is 44.1 Å². The van der Waals surface area contributed by atoms with Crippen molar-refractivity contribution in [1.82, 2.24) is 19.8 Å². The zero-order valence-corrected chi connectivity index (χ0v) is 12.9. The molecule has 1 fully saturated rings. The molecule has 0 aromatic carbocycles. The average Bonchev–Trinajstić information content (AvgIpc) is 2.88. The lowest BCUT2D eigenvalue weighted by Gasteiger charge is -2.35. The minimum Gasteiger partial charge on any atom is -0.481 e. The van der Waals surface area contributed by atoms with E-state index in [-0.39, 0.29) is 18.5 Å². The van der Waals surface area contributed by atoms with Crippen molar-refractivity contribution in [2.75, 3.05) is 6.54 Å². The van der Waals surface area contributed by atoms with Crippen LogP contribution in [0.3, 0.4) is 0 Å². The van der Waals surface area contributed by atoms with E-state index in [1.165, 1.54) is 11.5 Å². The number of aryl methyl sites for hydroxylation is 1. The van der Waals surface area contributed by atoms with Crippen molar-refractivity contribution >= 4 is 23.5 Å². The molecule has 21 heavy (non-hydrogen) atoms. The van der Waals surface area contributed by atoms with Crippen molar-refractivity contribution in [3.05, 3.63) is 10.6 Å². The minimum atomic E-state index is -0.813. The number of hydrogen-bond acceptors (Lipinski definition) is 5. The van der Waals surface area contributed by atoms with Crippen molar-refractivity contribution in [2.24, 2.45) is 0 Å². The van der Waals surface area contributed by atoms with Crippen molar-refractivity contribution in [3.8, 4) is 0 Å². The largest absolute Gasteiger partial charge is 0.481 e. The molecule has 2 rings (SSSR count). The number of aliphatic carboxylic acids is 1. The summed E-state index contributed by atoms with van der Waals surface area (Å²) in [6.07, 6.45) is 3.52. The summed E-state index contributed by atoms with van der Waals surface area (Å²) in [6.45, 7) is 2.97. The van der Waals surface area contributed by atoms with Crippen LogP contribution >= 0.6 is 11.5 Å². The summed E-state index contributed by atoms with van der Waals surface area (Å²) in [5.41, 5.74) is 0.835. The van der Waals surface area contributed by atoms with Crippen LogP contribution < -0.4 is 5.32 Å². The van der Waals surface area contributed by atoms with E-state index in [0.717, 1.165) is 29.8 Å². The maximum absolute atomic E-state index is 12.3. The summed E-state index contributed by atoms with van der Waals surface area (Å²) in [5.74, 6) is -0.813. The third-order valence-corrected chi connectivity index (χ3v) is 4.55. The fraction of sp³-hybridized carbons (Fsp3) is 0.692. The Hall–Kier alpha value is -1.70. The smallest absolute Gasteiger partial charge is 0.317 e. The van der Waals surface area contributed by atoms with E-state index in [2.05, 4.69) is 14.9 Å². The van der Waals surface area contributed by atoms with Crippen LogP contribution in [0.2, 0.25) is 0 Å². The van der Waals surface area contributed by atoms with E-state index < -0.39 is 5.97 Å². The number of urea groups is 1. The number of nitrogens with one attached hydrogen (secondary N) is 1. The lowest BCUT2D eigenvalue weighted by Crippen LogP contribution is -2.48. The second-order valence-corrected chi connectivity index (χ2v) is 6.05. The molecule has 1 unspecified atom stereocenters. The Morgan fingerprint density at radius 2 is 2.29 bits per heavy atom. The van der Waals surface area contributed by atoms with Gasteiger partial charge in [-0.2, -0.15) is 0 Å². The first-order chi connectivity index (χ1) is 10.1. The summed E-state index contributed by atoms with van der Waals surface area (Å²) in [5, 5.41) is 15.6. The Morgan fingerprint density at radius 1 is 1.48 bits per heavy atom. The van der Waals surface area contributed by atoms with Gasteiger partial charge in [-0.1, -0.05) is 4.49 Å². The number of nitrogens with zero attached hydrogens (tertiary/aromatic N) is 3. The normalized spacial score (nSPS) is 18.5. The summed E-state index contributed by atoms with van der Waals surface area (Å²) in [4.78, 5) is 25.7. The molecule has 1 aromatic rings. The van der Waals surface area contributed by atoms with Gasteiger partial charge in [0.05, 0.1) is 17.1 Å². The van der Waals surface area contributed by atoms with Crippen molar-refractivity contribution < 1.29 is 14.7 Å². The summed E-state index contributed by atoms with van der Waals surface area (Å²) < 4.78 is 3.84. The molecule has 0 spiro atoms. The number of carboxylic acids is 1. The summed E-state index contributed by atoms with van der Waals surface area (Å²) >= 11 is 1.28. The first-order valence-corrected chi connectivity index (χ1v) is 7.89. The van der Waals surface area contributed by atoms with Crippen molar-refractivity contribution in [3.63, 3.8) is 0 Å². The number of amides is 2. The SMILES string of the molecule is Cc1nnsc1CNC(=O)N1CCCCC1CCC(=O)O. The fourth-order valence-corrected chi connectivity index (χ4v) is 3.10. The van der Waals surface area contributed by atoms with Gasteiger partial charge < -0.3 is 15.3 Å². The lowest BCUT2D eigenvalue weighted by molar-refractivity contribution is -0.137.